The van der Waals surface area contributed by atoms with E-state index in [2.05, 4.69) is 10.4 Å². The fourth-order valence-corrected chi connectivity index (χ4v) is 1.47. The third-order valence-corrected chi connectivity index (χ3v) is 2.49. The Labute approximate surface area is 88.6 Å². The van der Waals surface area contributed by atoms with E-state index in [-0.39, 0.29) is 5.91 Å². The van der Waals surface area contributed by atoms with Gasteiger partial charge in [-0.1, -0.05) is 0 Å². The Kier molecular flexibility index (Phi) is 2.89. The highest BCUT2D eigenvalue weighted by Gasteiger charge is 2.23. The molecule has 0 spiro atoms. The summed E-state index contributed by atoms with van der Waals surface area (Å²) in [6, 6.07) is 0. The van der Waals surface area contributed by atoms with E-state index in [0.717, 1.165) is 0 Å². The molecule has 0 saturated heterocycles. The summed E-state index contributed by atoms with van der Waals surface area (Å²) in [6.07, 6.45) is 6.46. The number of nitrogens with zero attached hydrogens (tertiary/aromatic N) is 2. The molecular weight excluding hydrogens is 192 g/mol. The van der Waals surface area contributed by atoms with Gasteiger partial charge < -0.3 is 11.1 Å². The first-order chi connectivity index (χ1) is 7.24. The van der Waals surface area contributed by atoms with Crippen LogP contribution in [0.15, 0.2) is 12.4 Å². The molecule has 1 aliphatic carbocycles. The Hall–Kier alpha value is -1.52. The monoisotopic (exact) mass is 208 g/mol. The zero-order chi connectivity index (χ0) is 10.7. The van der Waals surface area contributed by atoms with E-state index in [1.807, 2.05) is 0 Å². The van der Waals surface area contributed by atoms with Gasteiger partial charge >= 0.3 is 0 Å². The Morgan fingerprint density at radius 1 is 1.67 bits per heavy atom. The molecule has 0 aliphatic heterocycles. The molecule has 1 aliphatic rings. The first-order valence-corrected chi connectivity index (χ1v) is 5.28. The molecule has 1 amide bonds. The number of anilines is 1. The number of nitrogens with one attached hydrogen (secondary N) is 1. The second-order valence-electron chi connectivity index (χ2n) is 4.03. The molecule has 1 heterocycles. The van der Waals surface area contributed by atoms with Crippen molar-refractivity contribution in [3.05, 3.63) is 12.4 Å². The Morgan fingerprint density at radius 3 is 3.07 bits per heavy atom. The summed E-state index contributed by atoms with van der Waals surface area (Å²) in [5, 5.41) is 6.90. The van der Waals surface area contributed by atoms with Gasteiger partial charge in [-0.05, 0) is 18.8 Å². The van der Waals surface area contributed by atoms with E-state index in [0.29, 0.717) is 31.1 Å². The van der Waals surface area contributed by atoms with Gasteiger partial charge in [0.2, 0.25) is 5.91 Å². The molecule has 1 aromatic rings. The molecule has 1 fully saturated rings. The largest absolute Gasteiger partial charge is 0.396 e. The number of aromatic nitrogens is 2. The summed E-state index contributed by atoms with van der Waals surface area (Å²) < 4.78 is 1.73. The van der Waals surface area contributed by atoms with Crippen molar-refractivity contribution in [3.8, 4) is 0 Å². The van der Waals surface area contributed by atoms with Crippen molar-refractivity contribution in [1.82, 2.24) is 15.1 Å². The van der Waals surface area contributed by atoms with Crippen LogP contribution in [-0.2, 0) is 11.3 Å². The summed E-state index contributed by atoms with van der Waals surface area (Å²) in [5.41, 5.74) is 6.17. The van der Waals surface area contributed by atoms with Crippen molar-refractivity contribution in [2.24, 2.45) is 5.92 Å². The standard InChI is InChI=1S/C10H16N4O/c11-9-6-13-14(7-9)4-3-12-10(15)5-8-1-2-8/h6-8H,1-5,11H2,(H,12,15). The minimum Gasteiger partial charge on any atom is -0.396 e. The van der Waals surface area contributed by atoms with E-state index < -0.39 is 0 Å². The SMILES string of the molecule is Nc1cnn(CCNC(=O)CC2CC2)c1. The third kappa shape index (κ3) is 3.27. The highest BCUT2D eigenvalue weighted by molar-refractivity contribution is 5.76. The Balaban J connectivity index is 1.63. The summed E-state index contributed by atoms with van der Waals surface area (Å²) in [5.74, 6) is 0.794. The molecule has 2 rings (SSSR count). The van der Waals surface area contributed by atoms with Crippen LogP contribution in [-0.4, -0.2) is 22.2 Å². The zero-order valence-electron chi connectivity index (χ0n) is 8.65. The van der Waals surface area contributed by atoms with E-state index >= 15 is 0 Å². The molecule has 1 saturated carbocycles. The van der Waals surface area contributed by atoms with Crippen LogP contribution >= 0.6 is 0 Å². The average Bonchev–Trinajstić information content (AvgIpc) is 2.89. The number of rotatable bonds is 5. The van der Waals surface area contributed by atoms with Gasteiger partial charge in [0.05, 0.1) is 18.4 Å². The quantitative estimate of drug-likeness (QED) is 0.734. The summed E-state index contributed by atoms with van der Waals surface area (Å²) in [4.78, 5) is 11.3. The number of hydrogen-bond acceptors (Lipinski definition) is 3. The van der Waals surface area contributed by atoms with Gasteiger partial charge in [-0.3, -0.25) is 9.48 Å². The third-order valence-electron chi connectivity index (χ3n) is 2.49. The lowest BCUT2D eigenvalue weighted by atomic mass is 10.3. The Bertz CT molecular complexity index is 343. The fourth-order valence-electron chi connectivity index (χ4n) is 1.47. The number of nitrogens with two attached hydrogens (primary N) is 1. The van der Waals surface area contributed by atoms with Crippen LogP contribution in [0.5, 0.6) is 0 Å². The molecule has 0 atom stereocenters. The molecule has 15 heavy (non-hydrogen) atoms. The van der Waals surface area contributed by atoms with Crippen molar-refractivity contribution in [1.29, 1.82) is 0 Å². The van der Waals surface area contributed by atoms with Gasteiger partial charge in [0, 0.05) is 19.2 Å². The van der Waals surface area contributed by atoms with E-state index in [1.54, 1.807) is 17.1 Å². The second-order valence-corrected chi connectivity index (χ2v) is 4.03. The summed E-state index contributed by atoms with van der Waals surface area (Å²) >= 11 is 0. The molecule has 1 aromatic heterocycles. The van der Waals surface area contributed by atoms with Crippen molar-refractivity contribution in [2.45, 2.75) is 25.8 Å². The normalized spacial score (nSPS) is 15.2. The van der Waals surface area contributed by atoms with Crippen molar-refractivity contribution >= 4 is 11.6 Å². The van der Waals surface area contributed by atoms with Crippen LogP contribution in [0, 0.1) is 5.92 Å². The van der Waals surface area contributed by atoms with Crippen molar-refractivity contribution < 1.29 is 4.79 Å². The van der Waals surface area contributed by atoms with Gasteiger partial charge in [-0.25, -0.2) is 0 Å². The number of carbonyl (C=O) groups excluding carboxylic acids is 1. The van der Waals surface area contributed by atoms with E-state index in [9.17, 15) is 4.79 Å². The Morgan fingerprint density at radius 2 is 2.47 bits per heavy atom. The topological polar surface area (TPSA) is 72.9 Å². The molecule has 3 N–H and O–H groups in total. The fraction of sp³-hybridized carbons (Fsp3) is 0.600. The van der Waals surface area contributed by atoms with Gasteiger partial charge in [-0.2, -0.15) is 5.10 Å². The summed E-state index contributed by atoms with van der Waals surface area (Å²) in [6.45, 7) is 1.29. The predicted octanol–water partition coefficient (Wildman–Crippen LogP) is 0.382. The number of nitrogen functional groups attached to an aromatic ring is 1. The molecule has 5 heteroatoms. The van der Waals surface area contributed by atoms with Crippen LogP contribution in [0.3, 0.4) is 0 Å². The maximum atomic E-state index is 11.3. The van der Waals surface area contributed by atoms with E-state index in [4.69, 9.17) is 5.73 Å². The number of amides is 1. The first-order valence-electron chi connectivity index (χ1n) is 5.28. The molecule has 5 nitrogen and oxygen atoms in total. The lowest BCUT2D eigenvalue weighted by molar-refractivity contribution is -0.121. The minimum absolute atomic E-state index is 0.151. The maximum absolute atomic E-state index is 11.3. The molecule has 82 valence electrons. The highest BCUT2D eigenvalue weighted by atomic mass is 16.1. The molecular formula is C10H16N4O. The lowest BCUT2D eigenvalue weighted by Crippen LogP contribution is -2.27. The van der Waals surface area contributed by atoms with Crippen LogP contribution < -0.4 is 11.1 Å². The van der Waals surface area contributed by atoms with Crippen LogP contribution in [0.1, 0.15) is 19.3 Å². The van der Waals surface area contributed by atoms with Gasteiger partial charge in [0.25, 0.3) is 0 Å². The second kappa shape index (κ2) is 4.33. The average molecular weight is 208 g/mol. The number of carbonyl (C=O) groups is 1. The van der Waals surface area contributed by atoms with Gasteiger partial charge in [0.15, 0.2) is 0 Å². The molecule has 0 unspecified atom stereocenters. The molecule has 0 aromatic carbocycles. The molecule has 0 radical (unpaired) electrons. The van der Waals surface area contributed by atoms with Gasteiger partial charge in [-0.15, -0.1) is 0 Å². The van der Waals surface area contributed by atoms with Gasteiger partial charge in [0.1, 0.15) is 0 Å². The van der Waals surface area contributed by atoms with Crippen LogP contribution in [0.2, 0.25) is 0 Å². The van der Waals surface area contributed by atoms with Crippen LogP contribution in [0.4, 0.5) is 5.69 Å². The predicted molar refractivity (Wildman–Crippen MR) is 57.0 cm³/mol. The number of hydrogen-bond donors (Lipinski definition) is 2. The minimum atomic E-state index is 0.151. The first kappa shape index (κ1) is 10.0. The lowest BCUT2D eigenvalue weighted by Gasteiger charge is -2.04. The molecule has 0 bridgehead atoms. The zero-order valence-corrected chi connectivity index (χ0v) is 8.65. The summed E-state index contributed by atoms with van der Waals surface area (Å²) in [7, 11) is 0. The van der Waals surface area contributed by atoms with Crippen molar-refractivity contribution in [3.63, 3.8) is 0 Å². The van der Waals surface area contributed by atoms with Crippen LogP contribution in [0.25, 0.3) is 0 Å². The smallest absolute Gasteiger partial charge is 0.220 e. The highest BCUT2D eigenvalue weighted by Crippen LogP contribution is 2.31. The maximum Gasteiger partial charge on any atom is 0.220 e. The van der Waals surface area contributed by atoms with E-state index in [1.165, 1.54) is 12.8 Å². The van der Waals surface area contributed by atoms with Crippen molar-refractivity contribution in [2.75, 3.05) is 12.3 Å².